The van der Waals surface area contributed by atoms with E-state index in [1.807, 2.05) is 0 Å². The minimum atomic E-state index is -3.08. The third-order valence-electron chi connectivity index (χ3n) is 1.80. The number of nitrogens with zero attached hydrogens (tertiary/aromatic N) is 1. The lowest BCUT2D eigenvalue weighted by Crippen LogP contribution is -2.41. The topological polar surface area (TPSA) is 46.3 Å². The number of benzene rings is 1. The zero-order valence-electron chi connectivity index (χ0n) is 7.58. The molecule has 0 aliphatic carbocycles. The first-order valence-corrected chi connectivity index (χ1v) is 3.96. The molecule has 0 unspecified atom stereocenters. The van der Waals surface area contributed by atoms with Gasteiger partial charge in [0.2, 0.25) is 0 Å². The van der Waals surface area contributed by atoms with Gasteiger partial charge in [-0.2, -0.15) is 8.78 Å². The molecule has 3 nitrogen and oxygen atoms in total. The van der Waals surface area contributed by atoms with Crippen molar-refractivity contribution in [1.82, 2.24) is 0 Å². The van der Waals surface area contributed by atoms with E-state index in [-0.39, 0.29) is 5.69 Å². The predicted molar refractivity (Wildman–Crippen MR) is 48.9 cm³/mol. The fourth-order valence-corrected chi connectivity index (χ4v) is 1.06. The number of aryl methyl sites for hydroxylation is 1. The van der Waals surface area contributed by atoms with Crippen molar-refractivity contribution in [2.75, 3.05) is 5.01 Å². The van der Waals surface area contributed by atoms with Crippen molar-refractivity contribution in [1.29, 1.82) is 0 Å². The second kappa shape index (κ2) is 4.15. The Morgan fingerprint density at radius 1 is 1.43 bits per heavy atom. The zero-order valence-corrected chi connectivity index (χ0v) is 7.58. The number of anilines is 1. The summed E-state index contributed by atoms with van der Waals surface area (Å²) in [6.45, 7) is 1.69. The molecule has 1 aromatic rings. The summed E-state index contributed by atoms with van der Waals surface area (Å²) in [4.78, 5) is 10.8. The van der Waals surface area contributed by atoms with Crippen LogP contribution in [0.25, 0.3) is 0 Å². The first kappa shape index (κ1) is 10.6. The van der Waals surface area contributed by atoms with E-state index in [1.165, 1.54) is 6.07 Å². The van der Waals surface area contributed by atoms with Gasteiger partial charge in [0.15, 0.2) is 0 Å². The second-order valence-corrected chi connectivity index (χ2v) is 2.80. The lowest BCUT2D eigenvalue weighted by Gasteiger charge is -2.17. The Hall–Kier alpha value is -1.49. The number of carbonyl (C=O) groups excluding carboxylic acids is 1. The van der Waals surface area contributed by atoms with Gasteiger partial charge in [-0.15, -0.1) is 0 Å². The van der Waals surface area contributed by atoms with Crippen LogP contribution in [0.1, 0.15) is 5.56 Å². The molecule has 0 atom stereocenters. The molecule has 0 fully saturated rings. The molecule has 0 saturated heterocycles. The van der Waals surface area contributed by atoms with Crippen molar-refractivity contribution < 1.29 is 13.6 Å². The summed E-state index contributed by atoms with van der Waals surface area (Å²) < 4.78 is 24.0. The summed E-state index contributed by atoms with van der Waals surface area (Å²) in [5.74, 6) is 3.84. The lowest BCUT2D eigenvalue weighted by atomic mass is 10.2. The molecule has 1 amide bonds. The highest BCUT2D eigenvalue weighted by molar-refractivity contribution is 5.95. The molecule has 76 valence electrons. The molecule has 0 aromatic heterocycles. The fourth-order valence-electron chi connectivity index (χ4n) is 1.06. The molecular weight excluding hydrogens is 190 g/mol. The monoisotopic (exact) mass is 200 g/mol. The van der Waals surface area contributed by atoms with E-state index >= 15 is 0 Å². The summed E-state index contributed by atoms with van der Waals surface area (Å²) in [5, 5.41) is 0.472. The van der Waals surface area contributed by atoms with Crippen LogP contribution >= 0.6 is 0 Å². The van der Waals surface area contributed by atoms with Gasteiger partial charge in [0.1, 0.15) is 0 Å². The van der Waals surface area contributed by atoms with Crippen molar-refractivity contribution in [3.8, 4) is 0 Å². The largest absolute Gasteiger partial charge is 0.317 e. The molecule has 14 heavy (non-hydrogen) atoms. The SMILES string of the molecule is Cc1ccccc1N(N)C(=O)C(F)F. The van der Waals surface area contributed by atoms with Crippen LogP contribution in [0.15, 0.2) is 24.3 Å². The van der Waals surface area contributed by atoms with E-state index in [0.29, 0.717) is 10.6 Å². The maximum atomic E-state index is 12.0. The summed E-state index contributed by atoms with van der Waals surface area (Å²) in [7, 11) is 0. The number of hydrazine groups is 1. The average molecular weight is 200 g/mol. The van der Waals surface area contributed by atoms with Gasteiger partial charge in [-0.05, 0) is 18.6 Å². The zero-order chi connectivity index (χ0) is 10.7. The van der Waals surface area contributed by atoms with Crippen molar-refractivity contribution >= 4 is 11.6 Å². The number of alkyl halides is 2. The molecule has 1 aromatic carbocycles. The average Bonchev–Trinajstić information content (AvgIpc) is 2.16. The number of nitrogens with two attached hydrogens (primary N) is 1. The Bertz CT molecular complexity index is 341. The Morgan fingerprint density at radius 2 is 2.00 bits per heavy atom. The maximum absolute atomic E-state index is 12.0. The van der Waals surface area contributed by atoms with Crippen molar-refractivity contribution in [3.63, 3.8) is 0 Å². The maximum Gasteiger partial charge on any atom is 0.317 e. The predicted octanol–water partition coefficient (Wildman–Crippen LogP) is 1.47. The first-order valence-electron chi connectivity index (χ1n) is 3.96. The standard InChI is InChI=1S/C9H10F2N2O/c1-6-4-2-3-5-7(6)13(12)9(14)8(10)11/h2-5,8H,12H2,1H3. The Morgan fingerprint density at radius 3 is 2.50 bits per heavy atom. The van der Waals surface area contributed by atoms with Gasteiger partial charge in [-0.25, -0.2) is 10.9 Å². The molecule has 0 heterocycles. The van der Waals surface area contributed by atoms with Gasteiger partial charge in [-0.3, -0.25) is 4.79 Å². The van der Waals surface area contributed by atoms with E-state index in [1.54, 1.807) is 25.1 Å². The summed E-state index contributed by atoms with van der Waals surface area (Å²) in [5.41, 5.74) is 0.960. The van der Waals surface area contributed by atoms with Gasteiger partial charge in [-0.1, -0.05) is 18.2 Å². The van der Waals surface area contributed by atoms with Crippen molar-refractivity contribution in [2.45, 2.75) is 13.3 Å². The summed E-state index contributed by atoms with van der Waals surface area (Å²) in [6, 6.07) is 6.56. The van der Waals surface area contributed by atoms with Gasteiger partial charge < -0.3 is 0 Å². The number of carbonyl (C=O) groups is 1. The van der Waals surface area contributed by atoms with Crippen molar-refractivity contribution in [3.05, 3.63) is 29.8 Å². The highest BCUT2D eigenvalue weighted by atomic mass is 19.3. The van der Waals surface area contributed by atoms with E-state index < -0.39 is 12.3 Å². The summed E-state index contributed by atoms with van der Waals surface area (Å²) >= 11 is 0. The van der Waals surface area contributed by atoms with Crippen molar-refractivity contribution in [2.24, 2.45) is 5.84 Å². The fraction of sp³-hybridized carbons (Fsp3) is 0.222. The highest BCUT2D eigenvalue weighted by Gasteiger charge is 2.22. The van der Waals surface area contributed by atoms with Gasteiger partial charge >= 0.3 is 12.3 Å². The normalized spacial score (nSPS) is 10.4. The lowest BCUT2D eigenvalue weighted by molar-refractivity contribution is -0.129. The minimum absolute atomic E-state index is 0.290. The summed E-state index contributed by atoms with van der Waals surface area (Å²) in [6.07, 6.45) is -3.08. The first-order chi connectivity index (χ1) is 6.54. The van der Waals surface area contributed by atoms with Gasteiger partial charge in [0.25, 0.3) is 0 Å². The van der Waals surface area contributed by atoms with E-state index in [0.717, 1.165) is 0 Å². The number of hydrogen-bond acceptors (Lipinski definition) is 2. The second-order valence-electron chi connectivity index (χ2n) is 2.80. The molecule has 0 radical (unpaired) electrons. The number of halogens is 2. The van der Waals surface area contributed by atoms with Crippen LogP contribution in [0.3, 0.4) is 0 Å². The Labute approximate surface area is 80.1 Å². The molecule has 0 saturated carbocycles. The third-order valence-corrected chi connectivity index (χ3v) is 1.80. The van der Waals surface area contributed by atoms with Crippen LogP contribution in [0, 0.1) is 6.92 Å². The molecule has 0 spiro atoms. The molecule has 5 heteroatoms. The minimum Gasteiger partial charge on any atom is -0.266 e. The van der Waals surface area contributed by atoms with Crippen LogP contribution in [0.4, 0.5) is 14.5 Å². The van der Waals surface area contributed by atoms with E-state index in [4.69, 9.17) is 5.84 Å². The molecular formula is C9H10F2N2O. The molecule has 0 aliphatic heterocycles. The number of rotatable bonds is 2. The smallest absolute Gasteiger partial charge is 0.266 e. The van der Waals surface area contributed by atoms with Gasteiger partial charge in [0.05, 0.1) is 5.69 Å². The van der Waals surface area contributed by atoms with E-state index in [2.05, 4.69) is 0 Å². The van der Waals surface area contributed by atoms with Gasteiger partial charge in [0, 0.05) is 0 Å². The molecule has 0 aliphatic rings. The number of amides is 1. The number of para-hydroxylation sites is 1. The quantitative estimate of drug-likeness (QED) is 0.446. The van der Waals surface area contributed by atoms with Crippen LogP contribution in [0.5, 0.6) is 0 Å². The highest BCUT2D eigenvalue weighted by Crippen LogP contribution is 2.17. The Balaban J connectivity index is 2.95. The van der Waals surface area contributed by atoms with Crippen LogP contribution in [-0.2, 0) is 4.79 Å². The Kier molecular flexibility index (Phi) is 3.14. The van der Waals surface area contributed by atoms with E-state index in [9.17, 15) is 13.6 Å². The third kappa shape index (κ3) is 2.05. The number of hydrogen-bond donors (Lipinski definition) is 1. The van der Waals surface area contributed by atoms with Crippen LogP contribution in [0.2, 0.25) is 0 Å². The molecule has 0 bridgehead atoms. The van der Waals surface area contributed by atoms with Crippen LogP contribution in [-0.4, -0.2) is 12.3 Å². The molecule has 2 N–H and O–H groups in total. The van der Waals surface area contributed by atoms with Crippen LogP contribution < -0.4 is 10.9 Å². The molecule has 1 rings (SSSR count).